The molecule has 0 aliphatic heterocycles. The number of aryl methyl sites for hydroxylation is 1. The first-order valence-corrected chi connectivity index (χ1v) is 9.02. The van der Waals surface area contributed by atoms with Gasteiger partial charge in [0, 0.05) is 24.8 Å². The minimum absolute atomic E-state index is 0.133. The molecule has 144 valence electrons. The summed E-state index contributed by atoms with van der Waals surface area (Å²) < 4.78 is 7.43. The number of amides is 1. The summed E-state index contributed by atoms with van der Waals surface area (Å²) in [5, 5.41) is 4.62. The minimum atomic E-state index is -0.174. The molecule has 3 rings (SSSR count). The first-order valence-electron chi connectivity index (χ1n) is 9.02. The zero-order valence-corrected chi connectivity index (χ0v) is 16.3. The molecule has 3 aromatic rings. The number of para-hydroxylation sites is 2. The van der Waals surface area contributed by atoms with Gasteiger partial charge in [0.2, 0.25) is 0 Å². The number of aldehydes is 1. The van der Waals surface area contributed by atoms with Gasteiger partial charge in [-0.2, -0.15) is 5.10 Å². The molecule has 0 aliphatic carbocycles. The number of rotatable bonds is 7. The highest BCUT2D eigenvalue weighted by Crippen LogP contribution is 2.20. The first-order chi connectivity index (χ1) is 13.5. The molecule has 0 unspecified atom stereocenters. The highest BCUT2D eigenvalue weighted by molar-refractivity contribution is 5.80. The number of ether oxygens (including phenoxy) is 1. The summed E-state index contributed by atoms with van der Waals surface area (Å²) in [5.41, 5.74) is 4.29. The molecular formula is C22H23N3O3. The van der Waals surface area contributed by atoms with E-state index in [-0.39, 0.29) is 12.5 Å². The maximum absolute atomic E-state index is 12.5. The van der Waals surface area contributed by atoms with Crippen LogP contribution in [0.4, 0.5) is 0 Å². The number of benzene rings is 2. The van der Waals surface area contributed by atoms with E-state index in [9.17, 15) is 9.59 Å². The van der Waals surface area contributed by atoms with E-state index in [2.05, 4.69) is 5.10 Å². The smallest absolute Gasteiger partial charge is 0.260 e. The van der Waals surface area contributed by atoms with Crippen molar-refractivity contribution in [1.29, 1.82) is 0 Å². The average molecular weight is 377 g/mol. The topological polar surface area (TPSA) is 64.4 Å². The Balaban J connectivity index is 1.69. The van der Waals surface area contributed by atoms with E-state index in [0.717, 1.165) is 22.6 Å². The largest absolute Gasteiger partial charge is 0.483 e. The van der Waals surface area contributed by atoms with Gasteiger partial charge in [0.25, 0.3) is 5.91 Å². The molecule has 28 heavy (non-hydrogen) atoms. The van der Waals surface area contributed by atoms with Crippen molar-refractivity contribution in [2.75, 3.05) is 13.7 Å². The van der Waals surface area contributed by atoms with Gasteiger partial charge in [-0.25, -0.2) is 4.68 Å². The van der Waals surface area contributed by atoms with Gasteiger partial charge in [0.15, 0.2) is 12.9 Å². The van der Waals surface area contributed by atoms with Gasteiger partial charge in [0.05, 0.1) is 16.9 Å². The fourth-order valence-electron chi connectivity index (χ4n) is 3.01. The molecule has 0 atom stereocenters. The zero-order valence-electron chi connectivity index (χ0n) is 16.3. The SMILES string of the molecule is Cc1nn(-c2ccccc2)c(C)c1CN(C)C(=O)COc1ccccc1C=O. The van der Waals surface area contributed by atoms with Crippen molar-refractivity contribution in [3.05, 3.63) is 77.1 Å². The van der Waals surface area contributed by atoms with Crippen LogP contribution in [0.1, 0.15) is 27.3 Å². The number of carbonyl (C=O) groups is 2. The Kier molecular flexibility index (Phi) is 5.89. The van der Waals surface area contributed by atoms with E-state index >= 15 is 0 Å². The minimum Gasteiger partial charge on any atom is -0.483 e. The van der Waals surface area contributed by atoms with Gasteiger partial charge in [-0.3, -0.25) is 9.59 Å². The summed E-state index contributed by atoms with van der Waals surface area (Å²) in [6.45, 7) is 4.24. The number of likely N-dealkylation sites (N-methyl/N-ethyl adjacent to an activating group) is 1. The van der Waals surface area contributed by atoms with Crippen molar-refractivity contribution in [2.45, 2.75) is 20.4 Å². The lowest BCUT2D eigenvalue weighted by Crippen LogP contribution is -2.31. The summed E-state index contributed by atoms with van der Waals surface area (Å²) in [6.07, 6.45) is 0.716. The van der Waals surface area contributed by atoms with Gasteiger partial charge in [0.1, 0.15) is 5.75 Å². The van der Waals surface area contributed by atoms with Crippen molar-refractivity contribution >= 4 is 12.2 Å². The highest BCUT2D eigenvalue weighted by Gasteiger charge is 2.18. The van der Waals surface area contributed by atoms with Gasteiger partial charge in [-0.1, -0.05) is 30.3 Å². The predicted octanol–water partition coefficient (Wildman–Crippen LogP) is 3.34. The number of aromatic nitrogens is 2. The summed E-state index contributed by atoms with van der Waals surface area (Å²) in [5.74, 6) is 0.232. The van der Waals surface area contributed by atoms with Gasteiger partial charge < -0.3 is 9.64 Å². The molecule has 0 saturated heterocycles. The lowest BCUT2D eigenvalue weighted by molar-refractivity contribution is -0.132. The summed E-state index contributed by atoms with van der Waals surface area (Å²) >= 11 is 0. The van der Waals surface area contributed by atoms with E-state index in [4.69, 9.17) is 4.74 Å². The third-order valence-corrected chi connectivity index (χ3v) is 4.66. The van der Waals surface area contributed by atoms with Crippen LogP contribution in [0.5, 0.6) is 5.75 Å². The monoisotopic (exact) mass is 377 g/mol. The maximum Gasteiger partial charge on any atom is 0.260 e. The Hall–Kier alpha value is -3.41. The van der Waals surface area contributed by atoms with Crippen LogP contribution < -0.4 is 4.74 Å². The summed E-state index contributed by atoms with van der Waals surface area (Å²) in [6, 6.07) is 16.7. The fourth-order valence-corrected chi connectivity index (χ4v) is 3.01. The molecule has 1 aromatic heterocycles. The average Bonchev–Trinajstić information content (AvgIpc) is 3.01. The molecule has 0 fully saturated rings. The first kappa shape index (κ1) is 19.4. The van der Waals surface area contributed by atoms with Gasteiger partial charge >= 0.3 is 0 Å². The van der Waals surface area contributed by atoms with Gasteiger partial charge in [-0.05, 0) is 38.1 Å². The molecule has 0 radical (unpaired) electrons. The molecule has 2 aromatic carbocycles. The van der Waals surface area contributed by atoms with E-state index in [1.807, 2.05) is 48.9 Å². The number of carbonyl (C=O) groups excluding carboxylic acids is 2. The predicted molar refractivity (Wildman–Crippen MR) is 107 cm³/mol. The second kappa shape index (κ2) is 8.52. The van der Waals surface area contributed by atoms with Crippen LogP contribution in [0.2, 0.25) is 0 Å². The van der Waals surface area contributed by atoms with Crippen molar-refractivity contribution in [1.82, 2.24) is 14.7 Å². The quantitative estimate of drug-likeness (QED) is 0.593. The van der Waals surface area contributed by atoms with Crippen molar-refractivity contribution in [3.8, 4) is 11.4 Å². The fraction of sp³-hybridized carbons (Fsp3) is 0.227. The third-order valence-electron chi connectivity index (χ3n) is 4.66. The van der Waals surface area contributed by atoms with Crippen LogP contribution in [0.25, 0.3) is 5.69 Å². The highest BCUT2D eigenvalue weighted by atomic mass is 16.5. The van der Waals surface area contributed by atoms with Crippen LogP contribution in [0.15, 0.2) is 54.6 Å². The Bertz CT molecular complexity index is 980. The Labute approximate surface area is 164 Å². The lowest BCUT2D eigenvalue weighted by Gasteiger charge is -2.18. The van der Waals surface area contributed by atoms with Crippen LogP contribution in [-0.4, -0.2) is 40.5 Å². The molecule has 0 saturated carbocycles. The molecule has 0 N–H and O–H groups in total. The molecular weight excluding hydrogens is 354 g/mol. The molecule has 0 spiro atoms. The van der Waals surface area contributed by atoms with Crippen LogP contribution in [0.3, 0.4) is 0 Å². The van der Waals surface area contributed by atoms with Crippen LogP contribution in [-0.2, 0) is 11.3 Å². The Morgan fingerprint density at radius 3 is 2.50 bits per heavy atom. The maximum atomic E-state index is 12.5. The standard InChI is InChI=1S/C22H23N3O3/c1-16-20(17(2)25(23-16)19-10-5-4-6-11-19)13-24(3)22(27)15-28-21-12-8-7-9-18(21)14-26/h4-12,14H,13,15H2,1-3H3. The number of hydrogen-bond donors (Lipinski definition) is 0. The summed E-state index contributed by atoms with van der Waals surface area (Å²) in [7, 11) is 1.73. The second-order valence-electron chi connectivity index (χ2n) is 6.59. The normalized spacial score (nSPS) is 10.5. The van der Waals surface area contributed by atoms with E-state index < -0.39 is 0 Å². The number of hydrogen-bond acceptors (Lipinski definition) is 4. The van der Waals surface area contributed by atoms with E-state index in [1.54, 1.807) is 36.2 Å². The van der Waals surface area contributed by atoms with Crippen LogP contribution in [0, 0.1) is 13.8 Å². The zero-order chi connectivity index (χ0) is 20.1. The van der Waals surface area contributed by atoms with E-state index in [0.29, 0.717) is 24.1 Å². The molecule has 0 aliphatic rings. The lowest BCUT2D eigenvalue weighted by atomic mass is 10.2. The molecule has 1 amide bonds. The van der Waals surface area contributed by atoms with Crippen LogP contribution >= 0.6 is 0 Å². The summed E-state index contributed by atoms with van der Waals surface area (Å²) in [4.78, 5) is 25.2. The molecule has 6 nitrogen and oxygen atoms in total. The van der Waals surface area contributed by atoms with Crippen molar-refractivity contribution < 1.29 is 14.3 Å². The van der Waals surface area contributed by atoms with Gasteiger partial charge in [-0.15, -0.1) is 0 Å². The second-order valence-corrected chi connectivity index (χ2v) is 6.59. The van der Waals surface area contributed by atoms with Crippen molar-refractivity contribution in [3.63, 3.8) is 0 Å². The molecule has 0 bridgehead atoms. The molecule has 6 heteroatoms. The molecule has 1 heterocycles. The van der Waals surface area contributed by atoms with Crippen molar-refractivity contribution in [2.24, 2.45) is 0 Å². The van der Waals surface area contributed by atoms with E-state index in [1.165, 1.54) is 0 Å². The number of nitrogens with zero attached hydrogens (tertiary/aromatic N) is 3. The third kappa shape index (κ3) is 4.11. The Morgan fingerprint density at radius 2 is 1.79 bits per heavy atom. The Morgan fingerprint density at radius 1 is 1.11 bits per heavy atom.